The van der Waals surface area contributed by atoms with E-state index in [1.807, 2.05) is 36.4 Å². The lowest BCUT2D eigenvalue weighted by molar-refractivity contribution is 0.0701. The van der Waals surface area contributed by atoms with Crippen molar-refractivity contribution in [1.29, 1.82) is 0 Å². The molecule has 0 atom stereocenters. The molecule has 0 saturated carbocycles. The summed E-state index contributed by atoms with van der Waals surface area (Å²) in [5.74, 6) is 0.185. The van der Waals surface area contributed by atoms with Crippen molar-refractivity contribution >= 4 is 17.3 Å². The third kappa shape index (κ3) is 4.95. The lowest BCUT2D eigenvalue weighted by Crippen LogP contribution is -2.34. The van der Waals surface area contributed by atoms with E-state index < -0.39 is 0 Å². The van der Waals surface area contributed by atoms with Crippen LogP contribution in [-0.2, 0) is 0 Å². The van der Waals surface area contributed by atoms with Crippen LogP contribution in [0.25, 0.3) is 0 Å². The number of nitrogens with zero attached hydrogens (tertiary/aromatic N) is 1. The van der Waals surface area contributed by atoms with Crippen LogP contribution in [0.5, 0.6) is 5.75 Å². The maximum atomic E-state index is 12.7. The fraction of sp³-hybridized carbons (Fsp3) is 0.316. The van der Waals surface area contributed by atoms with Crippen molar-refractivity contribution in [3.05, 3.63) is 54.1 Å². The Kier molecular flexibility index (Phi) is 6.80. The quantitative estimate of drug-likeness (QED) is 0.683. The number of para-hydroxylation sites is 1. The molecule has 0 unspecified atom stereocenters. The smallest absolute Gasteiger partial charge is 0.255 e. The lowest BCUT2D eigenvalue weighted by Gasteiger charge is -2.23. The Bertz CT molecular complexity index is 701. The average molecular weight is 344 g/mol. The summed E-state index contributed by atoms with van der Waals surface area (Å²) in [6.07, 6.45) is 0. The van der Waals surface area contributed by atoms with Crippen LogP contribution >= 0.6 is 0 Å². The average Bonchev–Trinajstić information content (AvgIpc) is 2.66. The van der Waals surface area contributed by atoms with E-state index >= 15 is 0 Å². The van der Waals surface area contributed by atoms with Gasteiger partial charge in [-0.1, -0.05) is 18.2 Å². The molecule has 2 aromatic carbocycles. The van der Waals surface area contributed by atoms with Gasteiger partial charge < -0.3 is 25.2 Å². The van der Waals surface area contributed by atoms with Crippen molar-refractivity contribution in [3.8, 4) is 5.75 Å². The molecule has 1 amide bonds. The van der Waals surface area contributed by atoms with Gasteiger partial charge in [0.25, 0.3) is 5.91 Å². The maximum Gasteiger partial charge on any atom is 0.255 e. The minimum atomic E-state index is -0.354. The first-order valence-corrected chi connectivity index (χ1v) is 8.06. The van der Waals surface area contributed by atoms with Gasteiger partial charge in [0.15, 0.2) is 0 Å². The Labute approximate surface area is 147 Å². The Morgan fingerprint density at radius 3 is 2.56 bits per heavy atom. The zero-order valence-electron chi connectivity index (χ0n) is 14.5. The van der Waals surface area contributed by atoms with Crippen LogP contribution in [0.2, 0.25) is 0 Å². The van der Waals surface area contributed by atoms with Gasteiger partial charge in [-0.05, 0) is 24.3 Å². The number of ether oxygens (including phenoxy) is 1. The van der Waals surface area contributed by atoms with Gasteiger partial charge in [0.1, 0.15) is 5.75 Å². The molecule has 0 aliphatic carbocycles. The van der Waals surface area contributed by atoms with Crippen LogP contribution in [-0.4, -0.2) is 54.9 Å². The zero-order chi connectivity index (χ0) is 18.2. The van der Waals surface area contributed by atoms with E-state index in [0.717, 1.165) is 11.4 Å². The van der Waals surface area contributed by atoms with E-state index in [4.69, 9.17) is 4.74 Å². The van der Waals surface area contributed by atoms with Crippen LogP contribution < -0.4 is 10.1 Å². The van der Waals surface area contributed by atoms with E-state index in [1.54, 1.807) is 26.3 Å². The third-order valence-corrected chi connectivity index (χ3v) is 3.90. The number of aliphatic hydroxyl groups is 2. The molecule has 0 heterocycles. The summed E-state index contributed by atoms with van der Waals surface area (Å²) in [6, 6.07) is 14.7. The predicted octanol–water partition coefficient (Wildman–Crippen LogP) is 2.11. The molecule has 0 aromatic heterocycles. The molecule has 0 radical (unpaired) electrons. The minimum absolute atomic E-state index is 0.169. The second-order valence-corrected chi connectivity index (χ2v) is 5.82. The molecule has 25 heavy (non-hydrogen) atoms. The Morgan fingerprint density at radius 2 is 1.88 bits per heavy atom. The van der Waals surface area contributed by atoms with Crippen LogP contribution in [0.3, 0.4) is 0 Å². The number of carbonyl (C=O) groups is 1. The van der Waals surface area contributed by atoms with Gasteiger partial charge in [-0.3, -0.25) is 4.79 Å². The van der Waals surface area contributed by atoms with Gasteiger partial charge in [0.2, 0.25) is 0 Å². The summed E-state index contributed by atoms with van der Waals surface area (Å²) in [5.41, 5.74) is 2.01. The van der Waals surface area contributed by atoms with Crippen LogP contribution in [0.4, 0.5) is 11.4 Å². The fourth-order valence-corrected chi connectivity index (χ4v) is 2.48. The monoisotopic (exact) mass is 344 g/mol. The highest BCUT2D eigenvalue weighted by Gasteiger charge is 2.18. The number of anilines is 2. The van der Waals surface area contributed by atoms with E-state index in [0.29, 0.717) is 11.3 Å². The summed E-state index contributed by atoms with van der Waals surface area (Å²) >= 11 is 0. The van der Waals surface area contributed by atoms with Gasteiger partial charge >= 0.3 is 0 Å². The Balaban J connectivity index is 2.20. The van der Waals surface area contributed by atoms with E-state index in [9.17, 15) is 15.0 Å². The molecule has 0 spiro atoms. The zero-order valence-corrected chi connectivity index (χ0v) is 14.5. The molecule has 3 N–H and O–H groups in total. The van der Waals surface area contributed by atoms with Crippen LogP contribution in [0, 0.1) is 5.92 Å². The normalized spacial score (nSPS) is 10.6. The summed E-state index contributed by atoms with van der Waals surface area (Å²) in [7, 11) is 3.26. The summed E-state index contributed by atoms with van der Waals surface area (Å²) in [5, 5.41) is 21.6. The fourth-order valence-electron chi connectivity index (χ4n) is 2.48. The first kappa shape index (κ1) is 18.8. The van der Waals surface area contributed by atoms with Crippen molar-refractivity contribution in [2.45, 2.75) is 0 Å². The molecule has 2 aromatic rings. The second kappa shape index (κ2) is 9.05. The van der Waals surface area contributed by atoms with Crippen molar-refractivity contribution in [3.63, 3.8) is 0 Å². The number of hydrogen-bond donors (Lipinski definition) is 3. The first-order valence-electron chi connectivity index (χ1n) is 8.06. The molecule has 0 aliphatic rings. The molecule has 0 aliphatic heterocycles. The predicted molar refractivity (Wildman–Crippen MR) is 97.3 cm³/mol. The topological polar surface area (TPSA) is 82.0 Å². The highest BCUT2D eigenvalue weighted by molar-refractivity contribution is 6.00. The number of benzene rings is 2. The first-order chi connectivity index (χ1) is 12.1. The number of carbonyl (C=O) groups excluding carboxylic acids is 1. The van der Waals surface area contributed by atoms with E-state index in [-0.39, 0.29) is 31.6 Å². The van der Waals surface area contributed by atoms with E-state index in [2.05, 4.69) is 5.32 Å². The number of nitrogens with one attached hydrogen (secondary N) is 1. The van der Waals surface area contributed by atoms with Gasteiger partial charge in [0.05, 0.1) is 18.4 Å². The molecule has 2 rings (SSSR count). The molecular weight excluding hydrogens is 320 g/mol. The van der Waals surface area contributed by atoms with Crippen LogP contribution in [0.15, 0.2) is 48.5 Å². The lowest BCUT2D eigenvalue weighted by atomic mass is 10.1. The molecule has 6 heteroatoms. The number of methoxy groups -OCH3 is 1. The minimum Gasteiger partial charge on any atom is -0.497 e. The van der Waals surface area contributed by atoms with Crippen molar-refractivity contribution in [2.75, 3.05) is 39.2 Å². The summed E-state index contributed by atoms with van der Waals surface area (Å²) < 4.78 is 5.21. The van der Waals surface area contributed by atoms with Crippen molar-refractivity contribution in [2.24, 2.45) is 5.92 Å². The molecule has 0 saturated heterocycles. The summed E-state index contributed by atoms with van der Waals surface area (Å²) in [4.78, 5) is 14.2. The van der Waals surface area contributed by atoms with Gasteiger partial charge in [-0.25, -0.2) is 0 Å². The molecular formula is C19H24N2O4. The molecule has 134 valence electrons. The number of hydrogen-bond acceptors (Lipinski definition) is 5. The van der Waals surface area contributed by atoms with Gasteiger partial charge in [-0.2, -0.15) is 0 Å². The largest absolute Gasteiger partial charge is 0.497 e. The Hall–Kier alpha value is -2.57. The van der Waals surface area contributed by atoms with Gasteiger partial charge in [-0.15, -0.1) is 0 Å². The Morgan fingerprint density at radius 1 is 1.16 bits per heavy atom. The number of amides is 1. The summed E-state index contributed by atoms with van der Waals surface area (Å²) in [6.45, 7) is -0.0605. The van der Waals surface area contributed by atoms with Crippen LogP contribution in [0.1, 0.15) is 10.4 Å². The molecule has 6 nitrogen and oxygen atoms in total. The second-order valence-electron chi connectivity index (χ2n) is 5.82. The molecule has 0 fully saturated rings. The maximum absolute atomic E-state index is 12.7. The van der Waals surface area contributed by atoms with E-state index in [1.165, 1.54) is 4.90 Å². The SMILES string of the molecule is COc1cccc(Nc2ccccc2C(=O)N(C)CC(CO)CO)c1. The number of rotatable bonds is 8. The van der Waals surface area contributed by atoms with Crippen molar-refractivity contribution in [1.82, 2.24) is 4.90 Å². The standard InChI is InChI=1S/C19H24N2O4/c1-21(11-14(12-22)13-23)19(24)17-8-3-4-9-18(17)20-15-6-5-7-16(10-15)25-2/h3-10,14,20,22-23H,11-13H2,1-2H3. The highest BCUT2D eigenvalue weighted by atomic mass is 16.5. The van der Waals surface area contributed by atoms with Crippen molar-refractivity contribution < 1.29 is 19.7 Å². The highest BCUT2D eigenvalue weighted by Crippen LogP contribution is 2.24. The third-order valence-electron chi connectivity index (χ3n) is 3.90. The molecule has 0 bridgehead atoms. The van der Waals surface area contributed by atoms with Gasteiger partial charge in [0, 0.05) is 44.5 Å². The number of aliphatic hydroxyl groups excluding tert-OH is 2.